The molecule has 0 heterocycles. The Hall–Kier alpha value is -2.62. The fourth-order valence-electron chi connectivity index (χ4n) is 3.81. The average molecular weight is 351 g/mol. The molecule has 4 nitrogen and oxygen atoms in total. The molecule has 1 aliphatic rings. The Morgan fingerprint density at radius 1 is 0.923 bits per heavy atom. The van der Waals surface area contributed by atoms with Crippen LogP contribution in [0.3, 0.4) is 0 Å². The predicted molar refractivity (Wildman–Crippen MR) is 103 cm³/mol. The van der Waals surface area contributed by atoms with E-state index in [1.807, 2.05) is 12.1 Å². The number of nitrogens with one attached hydrogen (secondary N) is 1. The Morgan fingerprint density at radius 3 is 2.15 bits per heavy atom. The molecule has 0 bridgehead atoms. The van der Waals surface area contributed by atoms with Gasteiger partial charge in [0.2, 0.25) is 0 Å². The van der Waals surface area contributed by atoms with Gasteiger partial charge in [0, 0.05) is 11.3 Å². The van der Waals surface area contributed by atoms with Gasteiger partial charge in [0.05, 0.1) is 5.56 Å². The quantitative estimate of drug-likeness (QED) is 0.819. The van der Waals surface area contributed by atoms with Gasteiger partial charge >= 0.3 is 5.97 Å². The fourth-order valence-corrected chi connectivity index (χ4v) is 3.81. The summed E-state index contributed by atoms with van der Waals surface area (Å²) in [6, 6.07) is 12.2. The molecule has 4 heteroatoms. The van der Waals surface area contributed by atoms with Gasteiger partial charge in [0.15, 0.2) is 0 Å². The molecule has 0 saturated heterocycles. The van der Waals surface area contributed by atoms with Gasteiger partial charge in [-0.1, -0.05) is 39.8 Å². The van der Waals surface area contributed by atoms with Crippen molar-refractivity contribution in [1.82, 2.24) is 0 Å². The number of amides is 1. The smallest absolute Gasteiger partial charge is 0.335 e. The topological polar surface area (TPSA) is 66.4 Å². The Morgan fingerprint density at radius 2 is 1.54 bits per heavy atom. The summed E-state index contributed by atoms with van der Waals surface area (Å²) < 4.78 is 0. The molecule has 0 radical (unpaired) electrons. The molecule has 2 aromatic carbocycles. The fraction of sp³-hybridized carbons (Fsp3) is 0.364. The minimum atomic E-state index is -0.982. The number of fused-ring (bicyclic) bond motifs is 1. The summed E-state index contributed by atoms with van der Waals surface area (Å²) in [4.78, 5) is 23.9. The number of carboxylic acids is 1. The summed E-state index contributed by atoms with van der Waals surface area (Å²) in [5, 5.41) is 11.9. The highest BCUT2D eigenvalue weighted by atomic mass is 16.4. The van der Waals surface area contributed by atoms with Crippen molar-refractivity contribution in [2.24, 2.45) is 0 Å². The first-order valence-electron chi connectivity index (χ1n) is 8.90. The molecule has 2 aromatic rings. The maximum absolute atomic E-state index is 13.0. The number of benzene rings is 2. The lowest BCUT2D eigenvalue weighted by molar-refractivity contribution is 0.0696. The molecule has 0 aromatic heterocycles. The maximum atomic E-state index is 13.0. The van der Waals surface area contributed by atoms with Crippen LogP contribution in [0.25, 0.3) is 0 Å². The van der Waals surface area contributed by atoms with E-state index >= 15 is 0 Å². The third-order valence-electron chi connectivity index (χ3n) is 5.48. The normalized spacial score (nSPS) is 17.2. The van der Waals surface area contributed by atoms with E-state index in [0.29, 0.717) is 11.3 Å². The predicted octanol–water partition coefficient (Wildman–Crippen LogP) is 4.99. The van der Waals surface area contributed by atoms with E-state index in [1.165, 1.54) is 17.7 Å². The van der Waals surface area contributed by atoms with Crippen LogP contribution in [-0.4, -0.2) is 17.0 Å². The van der Waals surface area contributed by atoms with Gasteiger partial charge in [-0.3, -0.25) is 4.79 Å². The molecular weight excluding hydrogens is 326 g/mol. The van der Waals surface area contributed by atoms with Crippen LogP contribution in [0.5, 0.6) is 0 Å². The molecular formula is C22H25NO3. The third kappa shape index (κ3) is 3.24. The van der Waals surface area contributed by atoms with Gasteiger partial charge in [-0.25, -0.2) is 4.79 Å². The van der Waals surface area contributed by atoms with Crippen molar-refractivity contribution in [2.75, 3.05) is 5.32 Å². The molecule has 3 rings (SSSR count). The zero-order valence-electron chi connectivity index (χ0n) is 15.7. The third-order valence-corrected chi connectivity index (χ3v) is 5.48. The molecule has 2 N–H and O–H groups in total. The Labute approximate surface area is 154 Å². The highest BCUT2D eigenvalue weighted by Gasteiger charge is 2.39. The average Bonchev–Trinajstić information content (AvgIpc) is 2.59. The molecule has 1 amide bonds. The Bertz CT molecular complexity index is 863. The summed E-state index contributed by atoms with van der Waals surface area (Å²) in [7, 11) is 0. The summed E-state index contributed by atoms with van der Waals surface area (Å²) in [5.41, 5.74) is 3.82. The van der Waals surface area contributed by atoms with Crippen molar-refractivity contribution in [1.29, 1.82) is 0 Å². The molecule has 0 aliphatic heterocycles. The van der Waals surface area contributed by atoms with Crippen molar-refractivity contribution >= 4 is 17.6 Å². The highest BCUT2D eigenvalue weighted by Crippen LogP contribution is 2.47. The summed E-state index contributed by atoms with van der Waals surface area (Å²) in [5.74, 6) is -1.14. The van der Waals surface area contributed by atoms with E-state index in [1.54, 1.807) is 12.1 Å². The van der Waals surface area contributed by atoms with E-state index in [4.69, 9.17) is 5.11 Å². The van der Waals surface area contributed by atoms with Gasteiger partial charge in [-0.05, 0) is 65.1 Å². The van der Waals surface area contributed by atoms with Crippen molar-refractivity contribution in [3.63, 3.8) is 0 Å². The van der Waals surface area contributed by atoms with Crippen LogP contribution in [0.1, 0.15) is 72.4 Å². The van der Waals surface area contributed by atoms with Crippen molar-refractivity contribution in [3.8, 4) is 0 Å². The van der Waals surface area contributed by atoms with Gasteiger partial charge < -0.3 is 10.4 Å². The van der Waals surface area contributed by atoms with Crippen LogP contribution in [-0.2, 0) is 10.8 Å². The number of carboxylic acid groups (broad SMARTS) is 1. The molecule has 0 atom stereocenters. The Kier molecular flexibility index (Phi) is 4.39. The molecule has 136 valence electrons. The first-order valence-corrected chi connectivity index (χ1v) is 8.90. The number of hydrogen-bond acceptors (Lipinski definition) is 2. The zero-order valence-corrected chi connectivity index (χ0v) is 15.7. The zero-order chi connectivity index (χ0) is 19.1. The Balaban J connectivity index is 1.97. The first-order chi connectivity index (χ1) is 12.1. The van der Waals surface area contributed by atoms with Gasteiger partial charge in [-0.15, -0.1) is 0 Å². The number of carbonyl (C=O) groups excluding carboxylic acids is 1. The first kappa shape index (κ1) is 18.2. The second kappa shape index (κ2) is 6.27. The maximum Gasteiger partial charge on any atom is 0.335 e. The van der Waals surface area contributed by atoms with E-state index in [-0.39, 0.29) is 22.3 Å². The highest BCUT2D eigenvalue weighted by molar-refractivity contribution is 6.06. The number of rotatable bonds is 3. The largest absolute Gasteiger partial charge is 0.478 e. The lowest BCUT2D eigenvalue weighted by Gasteiger charge is -2.42. The van der Waals surface area contributed by atoms with Crippen LogP contribution < -0.4 is 5.32 Å². The van der Waals surface area contributed by atoms with Gasteiger partial charge in [0.25, 0.3) is 5.91 Å². The van der Waals surface area contributed by atoms with E-state index in [0.717, 1.165) is 18.4 Å². The van der Waals surface area contributed by atoms with Crippen LogP contribution in [0.4, 0.5) is 5.69 Å². The minimum absolute atomic E-state index is 0.0459. The molecule has 0 fully saturated rings. The summed E-state index contributed by atoms with van der Waals surface area (Å²) >= 11 is 0. The number of hydrogen-bond donors (Lipinski definition) is 2. The second-order valence-corrected chi connectivity index (χ2v) is 8.33. The van der Waals surface area contributed by atoms with Gasteiger partial charge in [0.1, 0.15) is 0 Å². The molecule has 1 aliphatic carbocycles. The van der Waals surface area contributed by atoms with Crippen molar-refractivity contribution in [3.05, 3.63) is 64.7 Å². The molecule has 26 heavy (non-hydrogen) atoms. The summed E-state index contributed by atoms with van der Waals surface area (Å²) in [6.07, 6.45) is 2.12. The summed E-state index contributed by atoms with van der Waals surface area (Å²) in [6.45, 7) is 8.85. The molecule has 0 spiro atoms. The number of anilines is 1. The number of aromatic carboxylic acids is 1. The van der Waals surface area contributed by atoms with E-state index in [2.05, 4.69) is 39.1 Å². The van der Waals surface area contributed by atoms with Crippen LogP contribution in [0, 0.1) is 0 Å². The standard InChI is InChI=1S/C22H25NO3/c1-21(2)12-13-22(3,4)18-16(6-5-7-17(18)21)19(24)23-15-10-8-14(9-11-15)20(25)26/h5-11H,12-13H2,1-4H3,(H,23,24)(H,25,26). The van der Waals surface area contributed by atoms with Crippen molar-refractivity contribution < 1.29 is 14.7 Å². The lowest BCUT2D eigenvalue weighted by atomic mass is 9.62. The monoisotopic (exact) mass is 351 g/mol. The number of carbonyl (C=O) groups is 2. The van der Waals surface area contributed by atoms with E-state index in [9.17, 15) is 9.59 Å². The van der Waals surface area contributed by atoms with E-state index < -0.39 is 5.97 Å². The van der Waals surface area contributed by atoms with Gasteiger partial charge in [-0.2, -0.15) is 0 Å². The van der Waals surface area contributed by atoms with Crippen LogP contribution in [0.15, 0.2) is 42.5 Å². The van der Waals surface area contributed by atoms with Crippen molar-refractivity contribution in [2.45, 2.75) is 51.4 Å². The molecule has 0 saturated carbocycles. The second-order valence-electron chi connectivity index (χ2n) is 8.33. The SMILES string of the molecule is CC1(C)CCC(C)(C)c2c(C(=O)Nc3ccc(C(=O)O)cc3)cccc21. The lowest BCUT2D eigenvalue weighted by Crippen LogP contribution is -2.36. The minimum Gasteiger partial charge on any atom is -0.478 e. The molecule has 0 unspecified atom stereocenters. The van der Waals surface area contributed by atoms with Crippen LogP contribution >= 0.6 is 0 Å². The van der Waals surface area contributed by atoms with Crippen LogP contribution in [0.2, 0.25) is 0 Å².